The summed E-state index contributed by atoms with van der Waals surface area (Å²) in [6.45, 7) is 1.66. The number of rotatable bonds is 15. The first-order valence-corrected chi connectivity index (χ1v) is 16.9. The Labute approximate surface area is 263 Å². The second-order valence-corrected chi connectivity index (χ2v) is 14.0. The van der Waals surface area contributed by atoms with Crippen molar-refractivity contribution in [2.45, 2.75) is 43.8 Å². The Balaban J connectivity index is 1.88. The minimum atomic E-state index is -5.20. The van der Waals surface area contributed by atoms with Gasteiger partial charge < -0.3 is 10.4 Å². The van der Waals surface area contributed by atoms with E-state index in [1.807, 2.05) is 11.6 Å². The van der Waals surface area contributed by atoms with Gasteiger partial charge >= 0.3 is 12.1 Å². The lowest BCUT2D eigenvalue weighted by atomic mass is 9.98. The average molecular weight is 689 g/mol. The van der Waals surface area contributed by atoms with Gasteiger partial charge in [0.1, 0.15) is 12.4 Å². The molecule has 1 atom stereocenters. The summed E-state index contributed by atoms with van der Waals surface area (Å²) in [4.78, 5) is 25.9. The molecule has 250 valence electrons. The number of halogens is 4. The first kappa shape index (κ1) is 36.5. The fraction of sp³-hybridized carbons (Fsp3) is 0.345. The van der Waals surface area contributed by atoms with Crippen molar-refractivity contribution in [3.63, 3.8) is 0 Å². The SMILES string of the molecule is Cc1cnccc1-c1cccc([C@H](C)N(CCCC(=O)NCCS(=O)(=O)NCC(=O)O)S(=O)(=O)c2ccc(F)cc2C(F)(F)F)c1. The monoisotopic (exact) mass is 688 g/mol. The van der Waals surface area contributed by atoms with Crippen molar-refractivity contribution in [1.29, 1.82) is 0 Å². The van der Waals surface area contributed by atoms with Gasteiger partial charge in [-0.3, -0.25) is 14.6 Å². The summed E-state index contributed by atoms with van der Waals surface area (Å²) >= 11 is 0. The van der Waals surface area contributed by atoms with E-state index in [2.05, 4.69) is 10.3 Å². The Hall–Kier alpha value is -3.93. The lowest BCUT2D eigenvalue weighted by molar-refractivity contribution is -0.140. The molecule has 0 aliphatic rings. The normalized spacial score (nSPS) is 13.0. The van der Waals surface area contributed by atoms with Crippen molar-refractivity contribution in [3.8, 4) is 11.1 Å². The van der Waals surface area contributed by atoms with Crippen molar-refractivity contribution in [3.05, 3.63) is 83.4 Å². The average Bonchev–Trinajstić information content (AvgIpc) is 2.97. The van der Waals surface area contributed by atoms with Crippen LogP contribution in [0.4, 0.5) is 17.6 Å². The van der Waals surface area contributed by atoms with Gasteiger partial charge in [0.05, 0.1) is 16.2 Å². The van der Waals surface area contributed by atoms with E-state index in [-0.39, 0.29) is 25.5 Å². The maximum Gasteiger partial charge on any atom is 0.417 e. The van der Waals surface area contributed by atoms with Crippen LogP contribution in [0.25, 0.3) is 11.1 Å². The summed E-state index contributed by atoms with van der Waals surface area (Å²) in [5.74, 6) is -3.97. The molecular formula is C29H32F4N4O7S2. The molecule has 1 amide bonds. The van der Waals surface area contributed by atoms with Crippen molar-refractivity contribution in [2.24, 2.45) is 0 Å². The van der Waals surface area contributed by atoms with Gasteiger partial charge in [-0.05, 0) is 72.9 Å². The molecule has 0 aliphatic carbocycles. The van der Waals surface area contributed by atoms with Gasteiger partial charge in [0.25, 0.3) is 0 Å². The molecule has 0 saturated heterocycles. The van der Waals surface area contributed by atoms with E-state index in [9.17, 15) is 44.0 Å². The van der Waals surface area contributed by atoms with Crippen molar-refractivity contribution in [2.75, 3.05) is 25.4 Å². The molecule has 2 aromatic carbocycles. The number of aromatic nitrogens is 1. The Morgan fingerprint density at radius 3 is 2.43 bits per heavy atom. The van der Waals surface area contributed by atoms with Crippen LogP contribution < -0.4 is 10.0 Å². The quantitative estimate of drug-likeness (QED) is 0.203. The third-order valence-corrected chi connectivity index (χ3v) is 10.2. The molecule has 0 bridgehead atoms. The molecule has 3 aromatic rings. The smallest absolute Gasteiger partial charge is 0.417 e. The van der Waals surface area contributed by atoms with Gasteiger partial charge in [-0.1, -0.05) is 18.2 Å². The predicted octanol–water partition coefficient (Wildman–Crippen LogP) is 3.87. The van der Waals surface area contributed by atoms with Crippen molar-refractivity contribution >= 4 is 31.9 Å². The second-order valence-electron chi connectivity index (χ2n) is 10.2. The number of hydrogen-bond acceptors (Lipinski definition) is 7. The maximum atomic E-state index is 13.9. The predicted molar refractivity (Wildman–Crippen MR) is 160 cm³/mol. The van der Waals surface area contributed by atoms with Gasteiger partial charge in [0.15, 0.2) is 0 Å². The third kappa shape index (κ3) is 9.78. The van der Waals surface area contributed by atoms with E-state index in [0.29, 0.717) is 23.3 Å². The number of amides is 1. The molecule has 0 fully saturated rings. The fourth-order valence-electron chi connectivity index (χ4n) is 4.58. The maximum absolute atomic E-state index is 13.9. The molecule has 46 heavy (non-hydrogen) atoms. The number of carbonyl (C=O) groups is 2. The van der Waals surface area contributed by atoms with Crippen LogP contribution in [0.1, 0.15) is 42.5 Å². The molecule has 1 aromatic heterocycles. The lowest BCUT2D eigenvalue weighted by Crippen LogP contribution is -2.37. The van der Waals surface area contributed by atoms with Gasteiger partial charge in [-0.25, -0.2) is 25.9 Å². The number of carbonyl (C=O) groups excluding carboxylic acids is 1. The number of aliphatic carboxylic acids is 1. The Morgan fingerprint density at radius 2 is 1.78 bits per heavy atom. The zero-order chi connectivity index (χ0) is 34.3. The molecule has 1 heterocycles. The highest BCUT2D eigenvalue weighted by Crippen LogP contribution is 2.38. The number of pyridine rings is 1. The van der Waals surface area contributed by atoms with E-state index >= 15 is 0 Å². The van der Waals surface area contributed by atoms with Crippen LogP contribution in [0.15, 0.2) is 65.8 Å². The van der Waals surface area contributed by atoms with E-state index in [4.69, 9.17) is 5.11 Å². The number of alkyl halides is 3. The number of nitrogens with zero attached hydrogens (tertiary/aromatic N) is 2. The van der Waals surface area contributed by atoms with E-state index in [0.717, 1.165) is 15.4 Å². The Bertz CT molecular complexity index is 1790. The van der Waals surface area contributed by atoms with Gasteiger partial charge in [-0.15, -0.1) is 0 Å². The van der Waals surface area contributed by atoms with Gasteiger partial charge in [0, 0.05) is 37.9 Å². The molecule has 17 heteroatoms. The van der Waals surface area contributed by atoms with E-state index in [1.165, 1.54) is 6.92 Å². The van der Waals surface area contributed by atoms with Crippen LogP contribution in [0, 0.1) is 12.7 Å². The van der Waals surface area contributed by atoms with Crippen LogP contribution in [-0.2, 0) is 35.8 Å². The summed E-state index contributed by atoms with van der Waals surface area (Å²) in [6.07, 6.45) is -2.48. The molecule has 0 aliphatic heterocycles. The van der Waals surface area contributed by atoms with Crippen LogP contribution >= 0.6 is 0 Å². The molecule has 0 spiro atoms. The second kappa shape index (κ2) is 15.1. The summed E-state index contributed by atoms with van der Waals surface area (Å²) in [7, 11) is -8.94. The first-order valence-electron chi connectivity index (χ1n) is 13.8. The molecule has 3 N–H and O–H groups in total. The lowest BCUT2D eigenvalue weighted by Gasteiger charge is -2.30. The topological polar surface area (TPSA) is 163 Å². The zero-order valence-corrected chi connectivity index (χ0v) is 26.3. The largest absolute Gasteiger partial charge is 0.480 e. The minimum absolute atomic E-state index is 0.107. The number of aryl methyl sites for hydroxylation is 1. The standard InChI is InChI=1S/C29H32F4N4O7S2/c1-19-17-34-11-10-24(19)22-6-3-5-21(15-22)20(2)37(46(43,44)26-9-8-23(30)16-25(26)29(31,32)33)13-4-7-27(38)35-12-14-45(41,42)36-18-28(39)40/h3,5-6,8-11,15-17,20,36H,4,7,12-14,18H2,1-2H3,(H,35,38)(H,39,40)/t20-/m0/s1. The molecule has 0 radical (unpaired) electrons. The highest BCUT2D eigenvalue weighted by molar-refractivity contribution is 7.89. The van der Waals surface area contributed by atoms with Crippen LogP contribution in [0.3, 0.4) is 0 Å². The number of carboxylic acids is 1. The number of sulfonamides is 2. The van der Waals surface area contributed by atoms with Gasteiger partial charge in [0.2, 0.25) is 26.0 Å². The number of hydrogen-bond donors (Lipinski definition) is 3. The summed E-state index contributed by atoms with van der Waals surface area (Å²) < 4.78 is 110. The number of benzene rings is 2. The Morgan fingerprint density at radius 1 is 1.07 bits per heavy atom. The van der Waals surface area contributed by atoms with Crippen LogP contribution in [0.2, 0.25) is 0 Å². The molecule has 0 saturated carbocycles. The highest BCUT2D eigenvalue weighted by atomic mass is 32.2. The zero-order valence-electron chi connectivity index (χ0n) is 24.7. The Kier molecular flexibility index (Phi) is 12.0. The first-order chi connectivity index (χ1) is 21.4. The molecule has 3 rings (SSSR count). The minimum Gasteiger partial charge on any atom is -0.480 e. The number of carboxylic acid groups (broad SMARTS) is 1. The molecule has 11 nitrogen and oxygen atoms in total. The van der Waals surface area contributed by atoms with E-state index in [1.54, 1.807) is 42.7 Å². The van der Waals surface area contributed by atoms with E-state index < -0.39 is 79.3 Å². The van der Waals surface area contributed by atoms with Gasteiger partial charge in [-0.2, -0.15) is 17.5 Å². The third-order valence-electron chi connectivity index (χ3n) is 6.88. The summed E-state index contributed by atoms with van der Waals surface area (Å²) in [5.41, 5.74) is 1.08. The highest BCUT2D eigenvalue weighted by Gasteiger charge is 2.41. The summed E-state index contributed by atoms with van der Waals surface area (Å²) in [6, 6.07) is 8.72. The van der Waals surface area contributed by atoms with Crippen LogP contribution in [0.5, 0.6) is 0 Å². The number of nitrogens with one attached hydrogen (secondary N) is 2. The summed E-state index contributed by atoms with van der Waals surface area (Å²) in [5, 5.41) is 10.9. The molecular weight excluding hydrogens is 656 g/mol. The van der Waals surface area contributed by atoms with Crippen molar-refractivity contribution < 1.29 is 49.1 Å². The van der Waals surface area contributed by atoms with Crippen LogP contribution in [-0.4, -0.2) is 68.5 Å². The fourth-order valence-corrected chi connectivity index (χ4v) is 7.29. The van der Waals surface area contributed by atoms with Crippen molar-refractivity contribution in [1.82, 2.24) is 19.3 Å². The molecule has 0 unspecified atom stereocenters.